The lowest BCUT2D eigenvalue weighted by atomic mass is 10.4. The van der Waals surface area contributed by atoms with Gasteiger partial charge in [-0.05, 0) is 12.1 Å². The summed E-state index contributed by atoms with van der Waals surface area (Å²) in [5.41, 5.74) is 0. The number of carbonyl (C=O) groups is 1. The molecule has 0 aliphatic heterocycles. The lowest BCUT2D eigenvalue weighted by Crippen LogP contribution is -2.27. The van der Waals surface area contributed by atoms with Crippen molar-refractivity contribution in [3.8, 4) is 0 Å². The summed E-state index contributed by atoms with van der Waals surface area (Å²) in [5, 5.41) is 11.2. The first-order valence-electron chi connectivity index (χ1n) is 6.67. The first kappa shape index (κ1) is 17.5. The lowest BCUT2D eigenvalue weighted by Gasteiger charge is -2.06. The molecule has 0 aliphatic rings. The highest BCUT2D eigenvalue weighted by Gasteiger charge is 2.14. The van der Waals surface area contributed by atoms with E-state index in [4.69, 9.17) is 4.74 Å². The standard InChI is InChI=1S/C13H16N4O4S2/c1-21-9-12-16-17-13(22-12)15-11(18)7-8-14-23(19,20)10-5-3-2-4-6-10/h2-6,14H,7-9H2,1H3,(H,15,17,18). The predicted octanol–water partition coefficient (Wildman–Crippen LogP) is 0.992. The molecule has 1 heterocycles. The Morgan fingerprint density at radius 2 is 2.00 bits per heavy atom. The molecule has 10 heteroatoms. The van der Waals surface area contributed by atoms with E-state index in [-0.39, 0.29) is 23.8 Å². The number of benzene rings is 1. The summed E-state index contributed by atoms with van der Waals surface area (Å²) < 4.78 is 31.2. The van der Waals surface area contributed by atoms with Gasteiger partial charge in [0.15, 0.2) is 0 Å². The summed E-state index contributed by atoms with van der Waals surface area (Å²) >= 11 is 1.20. The van der Waals surface area contributed by atoms with Crippen LogP contribution in [0.15, 0.2) is 35.2 Å². The van der Waals surface area contributed by atoms with E-state index in [0.29, 0.717) is 16.7 Å². The van der Waals surface area contributed by atoms with Crippen LogP contribution in [0.5, 0.6) is 0 Å². The largest absolute Gasteiger partial charge is 0.377 e. The Morgan fingerprint density at radius 3 is 2.70 bits per heavy atom. The quantitative estimate of drug-likeness (QED) is 0.730. The summed E-state index contributed by atoms with van der Waals surface area (Å²) in [5.74, 6) is -0.346. The molecule has 2 rings (SSSR count). The fourth-order valence-corrected chi connectivity index (χ4v) is 3.43. The Balaban J connectivity index is 1.80. The van der Waals surface area contributed by atoms with Crippen LogP contribution >= 0.6 is 11.3 Å². The van der Waals surface area contributed by atoms with Gasteiger partial charge in [-0.15, -0.1) is 10.2 Å². The minimum atomic E-state index is -3.60. The number of amides is 1. The van der Waals surface area contributed by atoms with E-state index >= 15 is 0 Å². The van der Waals surface area contributed by atoms with E-state index < -0.39 is 10.0 Å². The Kier molecular flexibility index (Phi) is 6.16. The third-order valence-electron chi connectivity index (χ3n) is 2.68. The van der Waals surface area contributed by atoms with Crippen molar-refractivity contribution in [2.24, 2.45) is 0 Å². The molecule has 2 N–H and O–H groups in total. The monoisotopic (exact) mass is 356 g/mol. The number of methoxy groups -OCH3 is 1. The second kappa shape index (κ2) is 8.11. The minimum absolute atomic E-state index is 0.00715. The van der Waals surface area contributed by atoms with Crippen molar-refractivity contribution in [2.75, 3.05) is 19.0 Å². The molecular weight excluding hydrogens is 340 g/mol. The molecular formula is C13H16N4O4S2. The number of anilines is 1. The van der Waals surface area contributed by atoms with Crippen molar-refractivity contribution in [1.29, 1.82) is 0 Å². The molecule has 0 saturated carbocycles. The fraction of sp³-hybridized carbons (Fsp3) is 0.308. The molecule has 0 fully saturated rings. The molecule has 124 valence electrons. The number of nitrogens with zero attached hydrogens (tertiary/aromatic N) is 2. The van der Waals surface area contributed by atoms with Gasteiger partial charge in [0, 0.05) is 20.1 Å². The molecule has 0 unspecified atom stereocenters. The number of hydrogen-bond acceptors (Lipinski definition) is 7. The van der Waals surface area contributed by atoms with Gasteiger partial charge in [-0.3, -0.25) is 4.79 Å². The van der Waals surface area contributed by atoms with Gasteiger partial charge in [-0.2, -0.15) is 0 Å². The van der Waals surface area contributed by atoms with E-state index in [0.717, 1.165) is 0 Å². The zero-order valence-electron chi connectivity index (χ0n) is 12.4. The van der Waals surface area contributed by atoms with Gasteiger partial charge in [0.1, 0.15) is 11.6 Å². The normalized spacial score (nSPS) is 11.3. The van der Waals surface area contributed by atoms with Crippen LogP contribution in [0.3, 0.4) is 0 Å². The maximum Gasteiger partial charge on any atom is 0.240 e. The topological polar surface area (TPSA) is 110 Å². The molecule has 2 aromatic rings. The van der Waals surface area contributed by atoms with Crippen molar-refractivity contribution < 1.29 is 17.9 Å². The SMILES string of the molecule is COCc1nnc(NC(=O)CCNS(=O)(=O)c2ccccc2)s1. The Morgan fingerprint density at radius 1 is 1.26 bits per heavy atom. The van der Waals surface area contributed by atoms with Crippen molar-refractivity contribution in [1.82, 2.24) is 14.9 Å². The summed E-state index contributed by atoms with van der Waals surface area (Å²) in [4.78, 5) is 11.9. The number of sulfonamides is 1. The van der Waals surface area contributed by atoms with Crippen molar-refractivity contribution in [3.63, 3.8) is 0 Å². The van der Waals surface area contributed by atoms with Crippen molar-refractivity contribution in [3.05, 3.63) is 35.3 Å². The van der Waals surface area contributed by atoms with Crippen LogP contribution in [0.2, 0.25) is 0 Å². The Labute approximate surface area is 137 Å². The number of carbonyl (C=O) groups excluding carboxylic acids is 1. The second-order valence-electron chi connectivity index (χ2n) is 4.44. The predicted molar refractivity (Wildman–Crippen MR) is 85.5 cm³/mol. The van der Waals surface area contributed by atoms with Gasteiger partial charge < -0.3 is 10.1 Å². The van der Waals surface area contributed by atoms with Crippen molar-refractivity contribution >= 4 is 32.4 Å². The zero-order valence-corrected chi connectivity index (χ0v) is 14.0. The zero-order chi connectivity index (χ0) is 16.7. The number of aromatic nitrogens is 2. The summed E-state index contributed by atoms with van der Waals surface area (Å²) in [6, 6.07) is 7.97. The maximum absolute atomic E-state index is 12.0. The van der Waals surface area contributed by atoms with E-state index in [1.165, 1.54) is 23.5 Å². The van der Waals surface area contributed by atoms with Crippen LogP contribution in [0.1, 0.15) is 11.4 Å². The third-order valence-corrected chi connectivity index (χ3v) is 4.97. The lowest BCUT2D eigenvalue weighted by molar-refractivity contribution is -0.116. The van der Waals surface area contributed by atoms with Crippen LogP contribution in [-0.4, -0.2) is 38.2 Å². The third kappa shape index (κ3) is 5.36. The molecule has 8 nitrogen and oxygen atoms in total. The van der Waals surface area contributed by atoms with Gasteiger partial charge in [0.05, 0.1) is 4.90 Å². The van der Waals surface area contributed by atoms with Gasteiger partial charge >= 0.3 is 0 Å². The molecule has 1 aromatic carbocycles. The molecule has 0 aliphatic carbocycles. The molecule has 0 saturated heterocycles. The molecule has 23 heavy (non-hydrogen) atoms. The fourth-order valence-electron chi connectivity index (χ4n) is 1.65. The number of nitrogens with one attached hydrogen (secondary N) is 2. The molecule has 0 radical (unpaired) electrons. The van der Waals surface area contributed by atoms with Crippen LogP contribution < -0.4 is 10.0 Å². The van der Waals surface area contributed by atoms with Crippen molar-refractivity contribution in [2.45, 2.75) is 17.9 Å². The van der Waals surface area contributed by atoms with Crippen LogP contribution in [0, 0.1) is 0 Å². The van der Waals surface area contributed by atoms with Crippen LogP contribution in [0.25, 0.3) is 0 Å². The molecule has 0 spiro atoms. The molecule has 0 atom stereocenters. The molecule has 1 aromatic heterocycles. The number of ether oxygens (including phenoxy) is 1. The van der Waals surface area contributed by atoms with E-state index in [2.05, 4.69) is 20.2 Å². The highest BCUT2D eigenvalue weighted by Crippen LogP contribution is 2.15. The number of hydrogen-bond donors (Lipinski definition) is 2. The average Bonchev–Trinajstić information content (AvgIpc) is 2.95. The van der Waals surface area contributed by atoms with Crippen LogP contribution in [0.4, 0.5) is 5.13 Å². The summed E-state index contributed by atoms with van der Waals surface area (Å²) in [6.45, 7) is 0.317. The molecule has 1 amide bonds. The highest BCUT2D eigenvalue weighted by atomic mass is 32.2. The van der Waals surface area contributed by atoms with Gasteiger partial charge in [-0.25, -0.2) is 13.1 Å². The van der Waals surface area contributed by atoms with E-state index in [9.17, 15) is 13.2 Å². The highest BCUT2D eigenvalue weighted by molar-refractivity contribution is 7.89. The maximum atomic E-state index is 12.0. The first-order chi connectivity index (χ1) is 11.0. The molecule has 0 bridgehead atoms. The minimum Gasteiger partial charge on any atom is -0.377 e. The summed E-state index contributed by atoms with van der Waals surface area (Å²) in [6.07, 6.45) is -0.00868. The van der Waals surface area contributed by atoms with Gasteiger partial charge in [0.2, 0.25) is 21.1 Å². The van der Waals surface area contributed by atoms with E-state index in [1.807, 2.05) is 0 Å². The Bertz CT molecular complexity index is 746. The second-order valence-corrected chi connectivity index (χ2v) is 7.27. The van der Waals surface area contributed by atoms with E-state index in [1.54, 1.807) is 25.3 Å². The Hall–Kier alpha value is -1.88. The first-order valence-corrected chi connectivity index (χ1v) is 8.97. The smallest absolute Gasteiger partial charge is 0.240 e. The van der Waals surface area contributed by atoms with Gasteiger partial charge in [0.25, 0.3) is 0 Å². The summed E-state index contributed by atoms with van der Waals surface area (Å²) in [7, 11) is -2.06. The number of rotatable bonds is 8. The van der Waals surface area contributed by atoms with Gasteiger partial charge in [-0.1, -0.05) is 29.5 Å². The average molecular weight is 356 g/mol. The van der Waals surface area contributed by atoms with Crippen LogP contribution in [-0.2, 0) is 26.2 Å².